The minimum Gasteiger partial charge on any atom is -0.385 e. The molecule has 0 saturated heterocycles. The molecular weight excluding hydrogens is 248 g/mol. The predicted molar refractivity (Wildman–Crippen MR) is 86.4 cm³/mol. The standard InChI is InChI=1S/C17H28N2O/c1-5-10-18-16-9-8-15(12-14(16)4)17(20)19-11-6-7-13(2)3/h8-9,12-13,18H,5-7,10-11H2,1-4H3,(H,19,20). The van der Waals surface area contributed by atoms with Crippen LogP contribution >= 0.6 is 0 Å². The smallest absolute Gasteiger partial charge is 0.251 e. The van der Waals surface area contributed by atoms with Gasteiger partial charge in [0, 0.05) is 24.3 Å². The summed E-state index contributed by atoms with van der Waals surface area (Å²) in [5.74, 6) is 0.719. The Kier molecular flexibility index (Phi) is 7.13. The summed E-state index contributed by atoms with van der Waals surface area (Å²) >= 11 is 0. The second kappa shape index (κ2) is 8.62. The topological polar surface area (TPSA) is 41.1 Å². The molecule has 0 aliphatic heterocycles. The Morgan fingerprint density at radius 1 is 1.25 bits per heavy atom. The van der Waals surface area contributed by atoms with Gasteiger partial charge >= 0.3 is 0 Å². The van der Waals surface area contributed by atoms with Crippen molar-refractivity contribution in [2.45, 2.75) is 47.0 Å². The Hall–Kier alpha value is -1.51. The zero-order valence-electron chi connectivity index (χ0n) is 13.3. The SMILES string of the molecule is CCCNc1ccc(C(=O)NCCCC(C)C)cc1C. The van der Waals surface area contributed by atoms with Gasteiger partial charge < -0.3 is 10.6 Å². The van der Waals surface area contributed by atoms with Crippen LogP contribution in [0.3, 0.4) is 0 Å². The highest BCUT2D eigenvalue weighted by Gasteiger charge is 2.07. The van der Waals surface area contributed by atoms with Crippen LogP contribution in [-0.2, 0) is 0 Å². The first-order valence-electron chi connectivity index (χ1n) is 7.67. The third-order valence-corrected chi connectivity index (χ3v) is 3.30. The molecule has 0 aromatic heterocycles. The summed E-state index contributed by atoms with van der Waals surface area (Å²) in [5, 5.41) is 6.35. The van der Waals surface area contributed by atoms with Crippen LogP contribution in [-0.4, -0.2) is 19.0 Å². The lowest BCUT2D eigenvalue weighted by molar-refractivity contribution is 0.0952. The highest BCUT2D eigenvalue weighted by atomic mass is 16.1. The molecular formula is C17H28N2O. The number of anilines is 1. The van der Waals surface area contributed by atoms with Crippen molar-refractivity contribution in [1.82, 2.24) is 5.32 Å². The van der Waals surface area contributed by atoms with Crippen molar-refractivity contribution >= 4 is 11.6 Å². The van der Waals surface area contributed by atoms with Gasteiger partial charge in [-0.2, -0.15) is 0 Å². The molecule has 3 nitrogen and oxygen atoms in total. The van der Waals surface area contributed by atoms with Gasteiger partial charge in [-0.25, -0.2) is 0 Å². The Morgan fingerprint density at radius 3 is 2.60 bits per heavy atom. The third kappa shape index (κ3) is 5.64. The lowest BCUT2D eigenvalue weighted by atomic mass is 10.1. The van der Waals surface area contributed by atoms with Crippen LogP contribution in [0.25, 0.3) is 0 Å². The zero-order valence-corrected chi connectivity index (χ0v) is 13.3. The monoisotopic (exact) mass is 276 g/mol. The number of carbonyl (C=O) groups excluding carboxylic acids is 1. The van der Waals surface area contributed by atoms with Crippen LogP contribution in [0.5, 0.6) is 0 Å². The first kappa shape index (κ1) is 16.5. The Bertz CT molecular complexity index is 427. The largest absolute Gasteiger partial charge is 0.385 e. The molecule has 0 unspecified atom stereocenters. The molecule has 3 heteroatoms. The fourth-order valence-electron chi connectivity index (χ4n) is 2.08. The molecule has 0 fully saturated rings. The lowest BCUT2D eigenvalue weighted by Crippen LogP contribution is -2.24. The molecule has 2 N–H and O–H groups in total. The van der Waals surface area contributed by atoms with Crippen molar-refractivity contribution in [2.75, 3.05) is 18.4 Å². The Morgan fingerprint density at radius 2 is 2.00 bits per heavy atom. The summed E-state index contributed by atoms with van der Waals surface area (Å²) in [7, 11) is 0. The van der Waals surface area contributed by atoms with Crippen molar-refractivity contribution in [3.63, 3.8) is 0 Å². The van der Waals surface area contributed by atoms with E-state index in [1.807, 2.05) is 25.1 Å². The second-order valence-corrected chi connectivity index (χ2v) is 5.75. The van der Waals surface area contributed by atoms with Crippen LogP contribution in [0.2, 0.25) is 0 Å². The second-order valence-electron chi connectivity index (χ2n) is 5.75. The van der Waals surface area contributed by atoms with Gasteiger partial charge in [-0.1, -0.05) is 20.8 Å². The summed E-state index contributed by atoms with van der Waals surface area (Å²) in [5.41, 5.74) is 2.98. The average Bonchev–Trinajstić information content (AvgIpc) is 2.41. The summed E-state index contributed by atoms with van der Waals surface area (Å²) in [4.78, 5) is 12.0. The van der Waals surface area contributed by atoms with Gasteiger partial charge in [-0.15, -0.1) is 0 Å². The number of carbonyl (C=O) groups is 1. The van der Waals surface area contributed by atoms with Gasteiger partial charge in [-0.3, -0.25) is 4.79 Å². The van der Waals surface area contributed by atoms with E-state index in [2.05, 4.69) is 31.4 Å². The van der Waals surface area contributed by atoms with Gasteiger partial charge in [0.15, 0.2) is 0 Å². The van der Waals surface area contributed by atoms with E-state index in [1.165, 1.54) is 0 Å². The number of amides is 1. The molecule has 0 atom stereocenters. The molecule has 0 bridgehead atoms. The molecule has 0 aliphatic carbocycles. The number of hydrogen-bond donors (Lipinski definition) is 2. The molecule has 0 aliphatic rings. The molecule has 1 aromatic rings. The van der Waals surface area contributed by atoms with Crippen molar-refractivity contribution in [1.29, 1.82) is 0 Å². The highest BCUT2D eigenvalue weighted by Crippen LogP contribution is 2.16. The molecule has 0 radical (unpaired) electrons. The van der Waals surface area contributed by atoms with Crippen LogP contribution in [0.4, 0.5) is 5.69 Å². The molecule has 0 heterocycles. The number of nitrogens with one attached hydrogen (secondary N) is 2. The van der Waals surface area contributed by atoms with Gasteiger partial charge in [0.25, 0.3) is 5.91 Å². The summed E-state index contributed by atoms with van der Waals surface area (Å²) in [6.45, 7) is 10.3. The zero-order chi connectivity index (χ0) is 15.0. The maximum atomic E-state index is 12.0. The Labute approximate surface area is 123 Å². The molecule has 112 valence electrons. The van der Waals surface area contributed by atoms with Crippen molar-refractivity contribution in [3.05, 3.63) is 29.3 Å². The highest BCUT2D eigenvalue weighted by molar-refractivity contribution is 5.94. The number of rotatable bonds is 8. The average molecular weight is 276 g/mol. The van der Waals surface area contributed by atoms with E-state index in [0.717, 1.165) is 49.2 Å². The van der Waals surface area contributed by atoms with Crippen molar-refractivity contribution < 1.29 is 4.79 Å². The van der Waals surface area contributed by atoms with E-state index < -0.39 is 0 Å². The fourth-order valence-corrected chi connectivity index (χ4v) is 2.08. The minimum atomic E-state index is 0.0268. The quantitative estimate of drug-likeness (QED) is 0.705. The fraction of sp³-hybridized carbons (Fsp3) is 0.588. The van der Waals surface area contributed by atoms with Gasteiger partial charge in [0.1, 0.15) is 0 Å². The molecule has 0 saturated carbocycles. The maximum absolute atomic E-state index is 12.0. The van der Waals surface area contributed by atoms with Crippen LogP contribution in [0.1, 0.15) is 56.0 Å². The van der Waals surface area contributed by atoms with Gasteiger partial charge in [0.2, 0.25) is 0 Å². The summed E-state index contributed by atoms with van der Waals surface area (Å²) in [6.07, 6.45) is 3.29. The first-order valence-corrected chi connectivity index (χ1v) is 7.67. The third-order valence-electron chi connectivity index (χ3n) is 3.30. The van der Waals surface area contributed by atoms with Crippen LogP contribution in [0, 0.1) is 12.8 Å². The first-order chi connectivity index (χ1) is 9.54. The maximum Gasteiger partial charge on any atom is 0.251 e. The van der Waals surface area contributed by atoms with E-state index in [1.54, 1.807) is 0 Å². The van der Waals surface area contributed by atoms with E-state index >= 15 is 0 Å². The normalized spacial score (nSPS) is 10.7. The molecule has 1 aromatic carbocycles. The lowest BCUT2D eigenvalue weighted by Gasteiger charge is -2.11. The number of benzene rings is 1. The molecule has 0 spiro atoms. The van der Waals surface area contributed by atoms with Crippen LogP contribution in [0.15, 0.2) is 18.2 Å². The van der Waals surface area contributed by atoms with Crippen molar-refractivity contribution in [3.8, 4) is 0 Å². The van der Waals surface area contributed by atoms with E-state index in [0.29, 0.717) is 5.92 Å². The summed E-state index contributed by atoms with van der Waals surface area (Å²) in [6, 6.07) is 5.84. The molecule has 1 rings (SSSR count). The van der Waals surface area contributed by atoms with Crippen LogP contribution < -0.4 is 10.6 Å². The van der Waals surface area contributed by atoms with E-state index in [9.17, 15) is 4.79 Å². The van der Waals surface area contributed by atoms with Crippen molar-refractivity contribution in [2.24, 2.45) is 5.92 Å². The minimum absolute atomic E-state index is 0.0268. The number of hydrogen-bond acceptors (Lipinski definition) is 2. The summed E-state index contributed by atoms with van der Waals surface area (Å²) < 4.78 is 0. The van der Waals surface area contributed by atoms with Gasteiger partial charge in [0.05, 0.1) is 0 Å². The predicted octanol–water partition coefficient (Wildman–Crippen LogP) is 3.98. The Balaban J connectivity index is 2.50. The van der Waals surface area contributed by atoms with Gasteiger partial charge in [-0.05, 0) is 55.9 Å². The van der Waals surface area contributed by atoms with E-state index in [4.69, 9.17) is 0 Å². The molecule has 1 amide bonds. The van der Waals surface area contributed by atoms with E-state index in [-0.39, 0.29) is 5.91 Å². The molecule has 20 heavy (non-hydrogen) atoms. The number of aryl methyl sites for hydroxylation is 1.